The van der Waals surface area contributed by atoms with Gasteiger partial charge in [0, 0.05) is 19.0 Å². The third-order valence-electron chi connectivity index (χ3n) is 3.56. The summed E-state index contributed by atoms with van der Waals surface area (Å²) in [5, 5.41) is 17.1. The second kappa shape index (κ2) is 5.92. The van der Waals surface area contributed by atoms with Crippen LogP contribution in [-0.4, -0.2) is 20.8 Å². The van der Waals surface area contributed by atoms with Gasteiger partial charge < -0.3 is 10.4 Å². The topological polar surface area (TPSA) is 84.2 Å². The molecule has 2 aromatic carbocycles. The van der Waals surface area contributed by atoms with Crippen LogP contribution in [0.15, 0.2) is 53.3 Å². The van der Waals surface area contributed by atoms with E-state index in [4.69, 9.17) is 0 Å². The Morgan fingerprint density at radius 1 is 1.13 bits per heavy atom. The SMILES string of the molecule is Cn1nc(C(=O)NCc2ccc(O)cc2)c2ccccc2c1=O. The summed E-state index contributed by atoms with van der Waals surface area (Å²) in [7, 11) is 1.52. The molecule has 0 unspecified atom stereocenters. The third kappa shape index (κ3) is 2.91. The van der Waals surface area contributed by atoms with Crippen molar-refractivity contribution < 1.29 is 9.90 Å². The van der Waals surface area contributed by atoms with E-state index in [0.717, 1.165) is 10.2 Å². The smallest absolute Gasteiger partial charge is 0.274 e. The Morgan fingerprint density at radius 3 is 2.48 bits per heavy atom. The van der Waals surface area contributed by atoms with Crippen LogP contribution in [0.3, 0.4) is 0 Å². The molecule has 1 heterocycles. The predicted molar refractivity (Wildman–Crippen MR) is 86.3 cm³/mol. The molecule has 1 aromatic heterocycles. The average Bonchev–Trinajstić information content (AvgIpc) is 2.57. The Bertz CT molecular complexity index is 930. The number of amides is 1. The number of nitrogens with one attached hydrogen (secondary N) is 1. The van der Waals surface area contributed by atoms with E-state index in [0.29, 0.717) is 17.3 Å². The van der Waals surface area contributed by atoms with Gasteiger partial charge in [-0.1, -0.05) is 30.3 Å². The van der Waals surface area contributed by atoms with Crippen LogP contribution >= 0.6 is 0 Å². The van der Waals surface area contributed by atoms with Crippen molar-refractivity contribution in [1.82, 2.24) is 15.1 Å². The average molecular weight is 309 g/mol. The number of carbonyl (C=O) groups excluding carboxylic acids is 1. The zero-order chi connectivity index (χ0) is 16.4. The van der Waals surface area contributed by atoms with Crippen molar-refractivity contribution in [3.8, 4) is 5.75 Å². The fourth-order valence-corrected chi connectivity index (χ4v) is 2.35. The molecule has 0 aliphatic heterocycles. The number of nitrogens with zero attached hydrogens (tertiary/aromatic N) is 2. The molecule has 0 atom stereocenters. The lowest BCUT2D eigenvalue weighted by molar-refractivity contribution is 0.0945. The highest BCUT2D eigenvalue weighted by Crippen LogP contribution is 2.13. The first kappa shape index (κ1) is 14.8. The van der Waals surface area contributed by atoms with Crippen molar-refractivity contribution in [2.24, 2.45) is 7.05 Å². The molecule has 0 spiro atoms. The van der Waals surface area contributed by atoms with Gasteiger partial charge in [-0.3, -0.25) is 9.59 Å². The van der Waals surface area contributed by atoms with Crippen molar-refractivity contribution in [2.75, 3.05) is 0 Å². The second-order valence-electron chi connectivity index (χ2n) is 5.17. The van der Waals surface area contributed by atoms with Crippen molar-refractivity contribution in [3.05, 3.63) is 70.1 Å². The molecule has 6 nitrogen and oxygen atoms in total. The second-order valence-corrected chi connectivity index (χ2v) is 5.17. The molecule has 0 aliphatic carbocycles. The van der Waals surface area contributed by atoms with Gasteiger partial charge in [0.25, 0.3) is 11.5 Å². The van der Waals surface area contributed by atoms with Gasteiger partial charge in [-0.25, -0.2) is 4.68 Å². The minimum Gasteiger partial charge on any atom is -0.508 e. The van der Waals surface area contributed by atoms with Crippen LogP contribution in [0.25, 0.3) is 10.8 Å². The molecule has 0 fully saturated rings. The number of aromatic nitrogens is 2. The number of phenolic OH excluding ortho intramolecular Hbond substituents is 1. The zero-order valence-electron chi connectivity index (χ0n) is 12.5. The molecule has 0 radical (unpaired) electrons. The molecular weight excluding hydrogens is 294 g/mol. The minimum absolute atomic E-state index is 0.172. The lowest BCUT2D eigenvalue weighted by Gasteiger charge is -2.09. The first-order chi connectivity index (χ1) is 11.1. The first-order valence-electron chi connectivity index (χ1n) is 7.08. The van der Waals surface area contributed by atoms with Gasteiger partial charge in [0.2, 0.25) is 0 Å². The monoisotopic (exact) mass is 309 g/mol. The summed E-state index contributed by atoms with van der Waals surface area (Å²) < 4.78 is 1.16. The number of hydrogen-bond donors (Lipinski definition) is 2. The number of carbonyl (C=O) groups is 1. The molecule has 1 amide bonds. The number of hydrogen-bond acceptors (Lipinski definition) is 4. The van der Waals surface area contributed by atoms with E-state index in [9.17, 15) is 14.7 Å². The van der Waals surface area contributed by atoms with Crippen molar-refractivity contribution in [2.45, 2.75) is 6.54 Å². The Hall–Kier alpha value is -3.15. The van der Waals surface area contributed by atoms with Gasteiger partial charge in [-0.15, -0.1) is 0 Å². The number of rotatable bonds is 3. The molecule has 116 valence electrons. The van der Waals surface area contributed by atoms with E-state index >= 15 is 0 Å². The highest BCUT2D eigenvalue weighted by atomic mass is 16.3. The maximum absolute atomic E-state index is 12.4. The lowest BCUT2D eigenvalue weighted by Crippen LogP contribution is -2.29. The Labute approximate surface area is 132 Å². The predicted octanol–water partition coefficient (Wildman–Crippen LogP) is 1.57. The van der Waals surface area contributed by atoms with Crippen LogP contribution in [0.5, 0.6) is 5.75 Å². The maximum Gasteiger partial charge on any atom is 0.274 e. The largest absolute Gasteiger partial charge is 0.508 e. The lowest BCUT2D eigenvalue weighted by atomic mass is 10.1. The van der Waals surface area contributed by atoms with Gasteiger partial charge in [0.1, 0.15) is 5.75 Å². The summed E-state index contributed by atoms with van der Waals surface area (Å²) in [5.74, 6) is -0.185. The Kier molecular flexibility index (Phi) is 3.80. The summed E-state index contributed by atoms with van der Waals surface area (Å²) in [6.07, 6.45) is 0. The first-order valence-corrected chi connectivity index (χ1v) is 7.08. The standard InChI is InChI=1S/C17H15N3O3/c1-20-17(23)14-5-3-2-4-13(14)15(19-20)16(22)18-10-11-6-8-12(21)9-7-11/h2-9,21H,10H2,1H3,(H,18,22). The Balaban J connectivity index is 1.90. The molecule has 23 heavy (non-hydrogen) atoms. The molecule has 0 aliphatic rings. The van der Waals surface area contributed by atoms with E-state index in [2.05, 4.69) is 10.4 Å². The molecule has 3 rings (SSSR count). The quantitative estimate of drug-likeness (QED) is 0.769. The molecular formula is C17H15N3O3. The van der Waals surface area contributed by atoms with Gasteiger partial charge in [0.15, 0.2) is 5.69 Å². The van der Waals surface area contributed by atoms with Crippen LogP contribution in [-0.2, 0) is 13.6 Å². The van der Waals surface area contributed by atoms with Gasteiger partial charge >= 0.3 is 0 Å². The summed E-state index contributed by atoms with van der Waals surface area (Å²) in [6.45, 7) is 0.304. The molecule has 2 N–H and O–H groups in total. The minimum atomic E-state index is -0.357. The third-order valence-corrected chi connectivity index (χ3v) is 3.56. The van der Waals surface area contributed by atoms with Crippen molar-refractivity contribution in [1.29, 1.82) is 0 Å². The van der Waals surface area contributed by atoms with Gasteiger partial charge in [-0.2, -0.15) is 5.10 Å². The molecule has 3 aromatic rings. The summed E-state index contributed by atoms with van der Waals surface area (Å²) >= 11 is 0. The zero-order valence-corrected chi connectivity index (χ0v) is 12.5. The normalized spacial score (nSPS) is 10.7. The van der Waals surface area contributed by atoms with E-state index in [1.165, 1.54) is 7.05 Å². The van der Waals surface area contributed by atoms with E-state index in [-0.39, 0.29) is 22.9 Å². The van der Waals surface area contributed by atoms with Crippen LogP contribution < -0.4 is 10.9 Å². The van der Waals surface area contributed by atoms with Crippen LogP contribution in [0.4, 0.5) is 0 Å². The van der Waals surface area contributed by atoms with E-state index in [1.807, 2.05) is 0 Å². The molecule has 6 heteroatoms. The fourth-order valence-electron chi connectivity index (χ4n) is 2.35. The molecule has 0 bridgehead atoms. The molecule has 0 saturated heterocycles. The van der Waals surface area contributed by atoms with Crippen LogP contribution in [0.1, 0.15) is 16.1 Å². The Morgan fingerprint density at radius 2 is 1.78 bits per heavy atom. The van der Waals surface area contributed by atoms with E-state index in [1.54, 1.807) is 48.5 Å². The molecule has 0 saturated carbocycles. The van der Waals surface area contributed by atoms with Crippen molar-refractivity contribution >= 4 is 16.7 Å². The maximum atomic E-state index is 12.4. The van der Waals surface area contributed by atoms with Gasteiger partial charge in [0.05, 0.1) is 5.39 Å². The summed E-state index contributed by atoms with van der Waals surface area (Å²) in [5.41, 5.74) is 0.822. The highest BCUT2D eigenvalue weighted by molar-refractivity contribution is 6.04. The van der Waals surface area contributed by atoms with Crippen molar-refractivity contribution in [3.63, 3.8) is 0 Å². The number of phenols is 1. The van der Waals surface area contributed by atoms with Crippen LogP contribution in [0.2, 0.25) is 0 Å². The number of fused-ring (bicyclic) bond motifs is 1. The van der Waals surface area contributed by atoms with Gasteiger partial charge in [-0.05, 0) is 23.8 Å². The summed E-state index contributed by atoms with van der Waals surface area (Å²) in [6, 6.07) is 13.5. The fraction of sp³-hybridized carbons (Fsp3) is 0.118. The van der Waals surface area contributed by atoms with Crippen LogP contribution in [0, 0.1) is 0 Å². The number of aromatic hydroxyl groups is 1. The van der Waals surface area contributed by atoms with E-state index < -0.39 is 0 Å². The highest BCUT2D eigenvalue weighted by Gasteiger charge is 2.15. The number of benzene rings is 2. The number of aryl methyl sites for hydroxylation is 1. The summed E-state index contributed by atoms with van der Waals surface area (Å²) in [4.78, 5) is 24.5.